The molecule has 3 nitrogen and oxygen atoms in total. The number of nitrogens with zero attached hydrogens (tertiary/aromatic N) is 1. The van der Waals surface area contributed by atoms with Crippen LogP contribution in [0.2, 0.25) is 0 Å². The van der Waals surface area contributed by atoms with Crippen molar-refractivity contribution >= 4 is 5.78 Å². The zero-order chi connectivity index (χ0) is 15.4. The summed E-state index contributed by atoms with van der Waals surface area (Å²) in [6, 6.07) is 4.51. The number of benzene rings is 1. The fourth-order valence-electron chi connectivity index (χ4n) is 3.28. The van der Waals surface area contributed by atoms with Gasteiger partial charge in [0, 0.05) is 6.04 Å². The van der Waals surface area contributed by atoms with Crippen LogP contribution in [0.15, 0.2) is 18.2 Å². The first kappa shape index (κ1) is 16.0. The Kier molecular flexibility index (Phi) is 5.34. The van der Waals surface area contributed by atoms with Gasteiger partial charge in [0.1, 0.15) is 11.6 Å². The average Bonchev–Trinajstić information content (AvgIpc) is 2.47. The number of ether oxygens (including phenoxy) is 1. The van der Waals surface area contributed by atoms with Crippen molar-refractivity contribution in [3.63, 3.8) is 0 Å². The van der Waals surface area contributed by atoms with E-state index < -0.39 is 5.82 Å². The number of likely N-dealkylation sites (N-methyl/N-ethyl adjacent to an activating group) is 1. The predicted octanol–water partition coefficient (Wildman–Crippen LogP) is 3.53. The molecule has 2 atom stereocenters. The lowest BCUT2D eigenvalue weighted by Gasteiger charge is -2.36. The van der Waals surface area contributed by atoms with E-state index in [-0.39, 0.29) is 5.78 Å². The van der Waals surface area contributed by atoms with E-state index in [0.29, 0.717) is 29.8 Å². The van der Waals surface area contributed by atoms with Gasteiger partial charge in [-0.05, 0) is 44.0 Å². The van der Waals surface area contributed by atoms with Gasteiger partial charge in [-0.2, -0.15) is 0 Å². The molecule has 0 N–H and O–H groups in total. The van der Waals surface area contributed by atoms with Crippen molar-refractivity contribution in [2.24, 2.45) is 5.92 Å². The largest absolute Gasteiger partial charge is 0.496 e. The lowest BCUT2D eigenvalue weighted by Crippen LogP contribution is -2.41. The molecule has 0 saturated heterocycles. The maximum absolute atomic E-state index is 13.4. The number of hydrogen-bond acceptors (Lipinski definition) is 3. The van der Waals surface area contributed by atoms with Crippen LogP contribution < -0.4 is 4.74 Å². The molecular formula is C17H24FNO2. The highest BCUT2D eigenvalue weighted by Crippen LogP contribution is 2.28. The average molecular weight is 293 g/mol. The molecule has 0 spiro atoms. The van der Waals surface area contributed by atoms with E-state index in [4.69, 9.17) is 4.74 Å². The number of carbonyl (C=O) groups is 1. The third-order valence-electron chi connectivity index (χ3n) is 4.49. The SMILES string of the molecule is COc1ccc(F)cc1C(=O)CN(C)C1CCCCC1C. The zero-order valence-electron chi connectivity index (χ0n) is 13.1. The number of halogens is 1. The second-order valence-corrected chi connectivity index (χ2v) is 6.01. The molecule has 1 aromatic carbocycles. The van der Waals surface area contributed by atoms with E-state index >= 15 is 0 Å². The van der Waals surface area contributed by atoms with Crippen LogP contribution in [0.5, 0.6) is 5.75 Å². The maximum Gasteiger partial charge on any atom is 0.180 e. The Morgan fingerprint density at radius 3 is 2.76 bits per heavy atom. The minimum atomic E-state index is -0.409. The summed E-state index contributed by atoms with van der Waals surface area (Å²) in [5.41, 5.74) is 0.327. The number of ketones is 1. The molecular weight excluding hydrogens is 269 g/mol. The van der Waals surface area contributed by atoms with Gasteiger partial charge in [-0.3, -0.25) is 9.69 Å². The number of rotatable bonds is 5. The van der Waals surface area contributed by atoms with Gasteiger partial charge in [-0.1, -0.05) is 19.8 Å². The molecule has 21 heavy (non-hydrogen) atoms. The lowest BCUT2D eigenvalue weighted by molar-refractivity contribution is 0.0848. The molecule has 1 fully saturated rings. The van der Waals surface area contributed by atoms with Gasteiger partial charge in [0.15, 0.2) is 5.78 Å². The van der Waals surface area contributed by atoms with Crippen LogP contribution >= 0.6 is 0 Å². The second kappa shape index (κ2) is 7.03. The van der Waals surface area contributed by atoms with Crippen molar-refractivity contribution in [1.29, 1.82) is 0 Å². The van der Waals surface area contributed by atoms with Crippen molar-refractivity contribution in [3.8, 4) is 5.75 Å². The van der Waals surface area contributed by atoms with Crippen LogP contribution in [-0.4, -0.2) is 37.4 Å². The van der Waals surface area contributed by atoms with Gasteiger partial charge >= 0.3 is 0 Å². The van der Waals surface area contributed by atoms with Crippen LogP contribution in [0.3, 0.4) is 0 Å². The molecule has 0 aliphatic heterocycles. The molecule has 1 aliphatic rings. The zero-order valence-corrected chi connectivity index (χ0v) is 13.1. The molecule has 116 valence electrons. The van der Waals surface area contributed by atoms with Gasteiger partial charge in [0.2, 0.25) is 0 Å². The Hall–Kier alpha value is -1.42. The molecule has 1 saturated carbocycles. The Bertz CT molecular complexity index is 504. The second-order valence-electron chi connectivity index (χ2n) is 6.01. The van der Waals surface area contributed by atoms with E-state index in [1.54, 1.807) is 0 Å². The number of methoxy groups -OCH3 is 1. The van der Waals surface area contributed by atoms with E-state index in [0.717, 1.165) is 6.42 Å². The molecule has 0 radical (unpaired) electrons. The quantitative estimate of drug-likeness (QED) is 0.778. The van der Waals surface area contributed by atoms with Gasteiger partial charge in [0.25, 0.3) is 0 Å². The number of Topliss-reactive ketones (excluding diaryl/α,β-unsaturated/α-hetero) is 1. The minimum absolute atomic E-state index is 0.0911. The van der Waals surface area contributed by atoms with Crippen LogP contribution in [0.25, 0.3) is 0 Å². The van der Waals surface area contributed by atoms with Gasteiger partial charge in [-0.25, -0.2) is 4.39 Å². The molecule has 4 heteroatoms. The summed E-state index contributed by atoms with van der Waals surface area (Å²) in [6.07, 6.45) is 4.84. The molecule has 1 aromatic rings. The summed E-state index contributed by atoms with van der Waals surface area (Å²) in [4.78, 5) is 14.6. The Morgan fingerprint density at radius 1 is 1.38 bits per heavy atom. The fraction of sp³-hybridized carbons (Fsp3) is 0.588. The summed E-state index contributed by atoms with van der Waals surface area (Å²) in [7, 11) is 3.48. The molecule has 1 aliphatic carbocycles. The molecule has 0 heterocycles. The molecule has 0 bridgehead atoms. The molecule has 0 aromatic heterocycles. The van der Waals surface area contributed by atoms with Crippen molar-refractivity contribution in [2.75, 3.05) is 20.7 Å². The summed E-state index contributed by atoms with van der Waals surface area (Å²) < 4.78 is 18.5. The third-order valence-corrected chi connectivity index (χ3v) is 4.49. The Balaban J connectivity index is 2.08. The van der Waals surface area contributed by atoms with Crippen LogP contribution in [0, 0.1) is 11.7 Å². The van der Waals surface area contributed by atoms with Crippen LogP contribution in [0.1, 0.15) is 43.0 Å². The smallest absolute Gasteiger partial charge is 0.180 e. The van der Waals surface area contributed by atoms with Gasteiger partial charge < -0.3 is 4.74 Å². The standard InChI is InChI=1S/C17H24FNO2/c1-12-6-4-5-7-15(12)19(2)11-16(20)14-10-13(18)8-9-17(14)21-3/h8-10,12,15H,4-7,11H2,1-3H3. The summed E-state index contributed by atoms with van der Waals surface area (Å²) in [6.45, 7) is 2.54. The van der Waals surface area contributed by atoms with Crippen LogP contribution in [0.4, 0.5) is 4.39 Å². The summed E-state index contributed by atoms with van der Waals surface area (Å²) in [5, 5.41) is 0. The third kappa shape index (κ3) is 3.82. The Morgan fingerprint density at radius 2 is 2.10 bits per heavy atom. The lowest BCUT2D eigenvalue weighted by atomic mass is 9.85. The van der Waals surface area contributed by atoms with Crippen LogP contribution in [-0.2, 0) is 0 Å². The first-order valence-corrected chi connectivity index (χ1v) is 7.60. The first-order chi connectivity index (χ1) is 10.0. The number of hydrogen-bond donors (Lipinski definition) is 0. The monoisotopic (exact) mass is 293 g/mol. The molecule has 0 amide bonds. The molecule has 2 rings (SSSR count). The van der Waals surface area contributed by atoms with E-state index in [2.05, 4.69) is 11.8 Å². The summed E-state index contributed by atoms with van der Waals surface area (Å²) in [5.74, 6) is 0.539. The Labute approximate surface area is 126 Å². The molecule has 2 unspecified atom stereocenters. The van der Waals surface area contributed by atoms with Crippen molar-refractivity contribution in [1.82, 2.24) is 4.90 Å². The first-order valence-electron chi connectivity index (χ1n) is 7.60. The summed E-state index contributed by atoms with van der Waals surface area (Å²) >= 11 is 0. The van der Waals surface area contributed by atoms with E-state index in [1.807, 2.05) is 7.05 Å². The fourth-order valence-corrected chi connectivity index (χ4v) is 3.28. The van der Waals surface area contributed by atoms with Crippen molar-refractivity contribution in [3.05, 3.63) is 29.6 Å². The number of carbonyl (C=O) groups excluding carboxylic acids is 1. The van der Waals surface area contributed by atoms with Gasteiger partial charge in [0.05, 0.1) is 19.2 Å². The van der Waals surface area contributed by atoms with Crippen molar-refractivity contribution < 1.29 is 13.9 Å². The van der Waals surface area contributed by atoms with E-state index in [1.165, 1.54) is 44.6 Å². The van der Waals surface area contributed by atoms with Crippen molar-refractivity contribution in [2.45, 2.75) is 38.6 Å². The highest BCUT2D eigenvalue weighted by molar-refractivity contribution is 6.00. The maximum atomic E-state index is 13.4. The topological polar surface area (TPSA) is 29.5 Å². The highest BCUT2D eigenvalue weighted by Gasteiger charge is 2.26. The van der Waals surface area contributed by atoms with E-state index in [9.17, 15) is 9.18 Å². The predicted molar refractivity (Wildman–Crippen MR) is 81.3 cm³/mol. The minimum Gasteiger partial charge on any atom is -0.496 e. The highest BCUT2D eigenvalue weighted by atomic mass is 19.1. The normalized spacial score (nSPS) is 22.3. The van der Waals surface area contributed by atoms with Gasteiger partial charge in [-0.15, -0.1) is 0 Å².